The van der Waals surface area contributed by atoms with Crippen LogP contribution in [-0.2, 0) is 0 Å². The first-order valence-corrected chi connectivity index (χ1v) is 7.35. The third kappa shape index (κ3) is 2.49. The first kappa shape index (κ1) is 13.3. The second-order valence-electron chi connectivity index (χ2n) is 5.84. The van der Waals surface area contributed by atoms with Crippen molar-refractivity contribution in [2.45, 2.75) is 24.9 Å². The van der Waals surface area contributed by atoms with Crippen LogP contribution in [-0.4, -0.2) is 23.5 Å². The zero-order valence-electron chi connectivity index (χ0n) is 12.0. The van der Waals surface area contributed by atoms with E-state index in [-0.39, 0.29) is 5.54 Å². The topological polar surface area (TPSA) is 29.3 Å². The highest BCUT2D eigenvalue weighted by Gasteiger charge is 2.41. The summed E-state index contributed by atoms with van der Waals surface area (Å²) < 4.78 is 0. The highest BCUT2D eigenvalue weighted by Crippen LogP contribution is 2.35. The summed E-state index contributed by atoms with van der Waals surface area (Å²) >= 11 is 0. The molecule has 20 heavy (non-hydrogen) atoms. The minimum atomic E-state index is 0.00180. The van der Waals surface area contributed by atoms with Gasteiger partial charge in [-0.05, 0) is 17.5 Å². The fourth-order valence-electron chi connectivity index (χ4n) is 3.05. The van der Waals surface area contributed by atoms with Crippen molar-refractivity contribution in [1.29, 1.82) is 0 Å². The lowest BCUT2D eigenvalue weighted by Crippen LogP contribution is -2.67. The molecule has 1 aliphatic heterocycles. The van der Waals surface area contributed by atoms with Crippen LogP contribution in [0.1, 0.15) is 30.5 Å². The van der Waals surface area contributed by atoms with Gasteiger partial charge in [0.15, 0.2) is 0 Å². The van der Waals surface area contributed by atoms with Crippen molar-refractivity contribution in [3.05, 3.63) is 71.8 Å². The van der Waals surface area contributed by atoms with Gasteiger partial charge >= 0.3 is 0 Å². The van der Waals surface area contributed by atoms with Gasteiger partial charge in [-0.2, -0.15) is 0 Å². The van der Waals surface area contributed by atoms with Gasteiger partial charge in [-0.15, -0.1) is 0 Å². The van der Waals surface area contributed by atoms with Crippen LogP contribution in [0.5, 0.6) is 0 Å². The smallest absolute Gasteiger partial charge is 0.0603 e. The molecule has 2 N–H and O–H groups in total. The molecule has 1 fully saturated rings. The lowest BCUT2D eigenvalue weighted by atomic mass is 9.84. The molecule has 2 nitrogen and oxygen atoms in total. The summed E-state index contributed by atoms with van der Waals surface area (Å²) in [6.07, 6.45) is 1.04. The van der Waals surface area contributed by atoms with E-state index in [9.17, 15) is 0 Å². The molecule has 0 saturated carbocycles. The van der Waals surface area contributed by atoms with E-state index < -0.39 is 0 Å². The molecule has 3 rings (SSSR count). The molecule has 1 heterocycles. The van der Waals surface area contributed by atoms with Crippen LogP contribution < -0.4 is 5.73 Å². The molecular weight excluding hydrogens is 244 g/mol. The van der Waals surface area contributed by atoms with Crippen LogP contribution in [0.15, 0.2) is 60.7 Å². The number of nitrogens with two attached hydrogens (primary N) is 1. The molecule has 0 aliphatic carbocycles. The van der Waals surface area contributed by atoms with Crippen molar-refractivity contribution in [1.82, 2.24) is 4.90 Å². The minimum absolute atomic E-state index is 0.00180. The average molecular weight is 266 g/mol. The van der Waals surface area contributed by atoms with Gasteiger partial charge in [0.05, 0.1) is 6.04 Å². The summed E-state index contributed by atoms with van der Waals surface area (Å²) in [7, 11) is 0. The molecule has 1 aliphatic rings. The third-order valence-electron chi connectivity index (χ3n) is 4.34. The zero-order chi connectivity index (χ0) is 14.0. The fourth-order valence-corrected chi connectivity index (χ4v) is 3.05. The second-order valence-corrected chi connectivity index (χ2v) is 5.84. The fraction of sp³-hybridized carbons (Fsp3) is 0.333. The van der Waals surface area contributed by atoms with Crippen LogP contribution >= 0.6 is 0 Å². The number of nitrogens with zero attached hydrogens (tertiary/aromatic N) is 1. The molecule has 0 radical (unpaired) electrons. The normalized spacial score (nSPS) is 17.9. The van der Waals surface area contributed by atoms with Gasteiger partial charge in [0.1, 0.15) is 0 Å². The largest absolute Gasteiger partial charge is 0.323 e. The standard InChI is InChI=1S/C18H22N2/c1-2-18(19)13-20(14-18)17(15-9-5-3-6-10-15)16-11-7-4-8-12-16/h3-12,17H,2,13-14,19H2,1H3. The maximum atomic E-state index is 6.34. The van der Waals surface area contributed by atoms with E-state index in [1.807, 2.05) is 0 Å². The number of benzene rings is 2. The predicted molar refractivity (Wildman–Crippen MR) is 83.5 cm³/mol. The van der Waals surface area contributed by atoms with Crippen molar-refractivity contribution < 1.29 is 0 Å². The van der Waals surface area contributed by atoms with E-state index in [0.717, 1.165) is 19.5 Å². The minimum Gasteiger partial charge on any atom is -0.323 e. The van der Waals surface area contributed by atoms with Crippen molar-refractivity contribution in [2.75, 3.05) is 13.1 Å². The molecule has 2 aromatic rings. The van der Waals surface area contributed by atoms with Crippen molar-refractivity contribution in [3.63, 3.8) is 0 Å². The van der Waals surface area contributed by atoms with Gasteiger partial charge in [0, 0.05) is 18.6 Å². The molecule has 0 spiro atoms. The number of hydrogen-bond donors (Lipinski definition) is 1. The van der Waals surface area contributed by atoms with Crippen LogP contribution in [0.2, 0.25) is 0 Å². The van der Waals surface area contributed by atoms with Crippen LogP contribution in [0.25, 0.3) is 0 Å². The number of likely N-dealkylation sites (tertiary alicyclic amines) is 1. The molecule has 0 amide bonds. The van der Waals surface area contributed by atoms with Gasteiger partial charge in [0.25, 0.3) is 0 Å². The summed E-state index contributed by atoms with van der Waals surface area (Å²) in [6, 6.07) is 21.7. The summed E-state index contributed by atoms with van der Waals surface area (Å²) in [5, 5.41) is 0. The Morgan fingerprint density at radius 2 is 1.40 bits per heavy atom. The van der Waals surface area contributed by atoms with Crippen molar-refractivity contribution >= 4 is 0 Å². The SMILES string of the molecule is CCC1(N)CN(C(c2ccccc2)c2ccccc2)C1. The van der Waals surface area contributed by atoms with E-state index in [4.69, 9.17) is 5.73 Å². The van der Waals surface area contributed by atoms with Gasteiger partial charge < -0.3 is 5.73 Å². The molecule has 104 valence electrons. The number of rotatable bonds is 4. The van der Waals surface area contributed by atoms with Gasteiger partial charge in [0.2, 0.25) is 0 Å². The summed E-state index contributed by atoms with van der Waals surface area (Å²) in [5.41, 5.74) is 9.04. The van der Waals surface area contributed by atoms with Gasteiger partial charge in [-0.25, -0.2) is 0 Å². The highest BCUT2D eigenvalue weighted by molar-refractivity contribution is 5.33. The Morgan fingerprint density at radius 1 is 0.950 bits per heavy atom. The van der Waals surface area contributed by atoms with Gasteiger partial charge in [-0.3, -0.25) is 4.90 Å². The monoisotopic (exact) mass is 266 g/mol. The van der Waals surface area contributed by atoms with Crippen LogP contribution in [0.4, 0.5) is 0 Å². The molecule has 2 aromatic carbocycles. The summed E-state index contributed by atoms with van der Waals surface area (Å²) in [4.78, 5) is 2.48. The molecule has 0 bridgehead atoms. The molecular formula is C18H22N2. The lowest BCUT2D eigenvalue weighted by Gasteiger charge is -2.51. The maximum absolute atomic E-state index is 6.34. The molecule has 0 unspecified atom stereocenters. The van der Waals surface area contributed by atoms with Crippen molar-refractivity contribution in [3.8, 4) is 0 Å². The molecule has 0 atom stereocenters. The van der Waals surface area contributed by atoms with E-state index in [1.54, 1.807) is 0 Å². The Labute approximate surface area is 121 Å². The molecule has 0 aromatic heterocycles. The Morgan fingerprint density at radius 3 is 1.80 bits per heavy atom. The molecule has 1 saturated heterocycles. The Kier molecular flexibility index (Phi) is 3.60. The third-order valence-corrected chi connectivity index (χ3v) is 4.34. The quantitative estimate of drug-likeness (QED) is 0.921. The lowest BCUT2D eigenvalue weighted by molar-refractivity contribution is 0.0403. The Balaban J connectivity index is 1.90. The number of hydrogen-bond acceptors (Lipinski definition) is 2. The average Bonchev–Trinajstić information content (AvgIpc) is 2.48. The Hall–Kier alpha value is -1.64. The van der Waals surface area contributed by atoms with Crippen LogP contribution in [0, 0.1) is 0 Å². The Bertz CT molecular complexity index is 505. The summed E-state index contributed by atoms with van der Waals surface area (Å²) in [6.45, 7) is 4.12. The molecule has 2 heteroatoms. The predicted octanol–water partition coefficient (Wildman–Crippen LogP) is 3.20. The van der Waals surface area contributed by atoms with E-state index in [0.29, 0.717) is 6.04 Å². The van der Waals surface area contributed by atoms with Gasteiger partial charge in [-0.1, -0.05) is 67.6 Å². The van der Waals surface area contributed by atoms with E-state index >= 15 is 0 Å². The first-order chi connectivity index (χ1) is 9.72. The first-order valence-electron chi connectivity index (χ1n) is 7.35. The van der Waals surface area contributed by atoms with Crippen molar-refractivity contribution in [2.24, 2.45) is 5.73 Å². The zero-order valence-corrected chi connectivity index (χ0v) is 12.0. The second kappa shape index (κ2) is 5.39. The summed E-state index contributed by atoms with van der Waals surface area (Å²) in [5.74, 6) is 0. The van der Waals surface area contributed by atoms with E-state index in [2.05, 4.69) is 72.5 Å². The van der Waals surface area contributed by atoms with E-state index in [1.165, 1.54) is 11.1 Å². The van der Waals surface area contributed by atoms with Crippen LogP contribution in [0.3, 0.4) is 0 Å². The highest BCUT2D eigenvalue weighted by atomic mass is 15.3. The maximum Gasteiger partial charge on any atom is 0.0603 e.